The quantitative estimate of drug-likeness (QED) is 0.522. The van der Waals surface area contributed by atoms with Gasteiger partial charge in [-0.05, 0) is 48.6 Å². The number of ether oxygens (including phenoxy) is 1. The first-order valence-corrected chi connectivity index (χ1v) is 12.1. The summed E-state index contributed by atoms with van der Waals surface area (Å²) in [5.41, 5.74) is 0.961. The standard InChI is InChI=1S/C24H26N4O2S2/c31-24-26-22(19-8-4-5-11-25-19)23(28(24)13-12-27-14-16-29-17-15-27)20-9-10-21(30-20)32-18-6-2-1-3-7-18/h1-11,22-23H,12-17H2,(H,26,31). The molecule has 1 N–H and O–H groups in total. The van der Waals surface area contributed by atoms with E-state index in [9.17, 15) is 0 Å². The zero-order valence-corrected chi connectivity index (χ0v) is 19.4. The topological polar surface area (TPSA) is 53.8 Å². The summed E-state index contributed by atoms with van der Waals surface area (Å²) in [4.78, 5) is 10.4. The molecule has 2 aliphatic rings. The second-order valence-electron chi connectivity index (χ2n) is 7.85. The summed E-state index contributed by atoms with van der Waals surface area (Å²) in [7, 11) is 0. The molecule has 2 aliphatic heterocycles. The Hall–Kier alpha value is -2.39. The van der Waals surface area contributed by atoms with Gasteiger partial charge in [0.05, 0.1) is 24.9 Å². The van der Waals surface area contributed by atoms with E-state index in [-0.39, 0.29) is 12.1 Å². The second kappa shape index (κ2) is 10.0. The Kier molecular flexibility index (Phi) is 6.73. The number of hydrogen-bond donors (Lipinski definition) is 1. The molecule has 4 heterocycles. The van der Waals surface area contributed by atoms with Crippen molar-refractivity contribution in [3.8, 4) is 0 Å². The van der Waals surface area contributed by atoms with Crippen molar-refractivity contribution in [3.05, 3.63) is 78.3 Å². The van der Waals surface area contributed by atoms with Gasteiger partial charge in [0.2, 0.25) is 0 Å². The van der Waals surface area contributed by atoms with Crippen LogP contribution in [0.25, 0.3) is 0 Å². The molecule has 0 spiro atoms. The Labute approximate surface area is 197 Å². The first-order valence-electron chi connectivity index (χ1n) is 10.9. The van der Waals surface area contributed by atoms with Crippen LogP contribution in [-0.4, -0.2) is 59.3 Å². The van der Waals surface area contributed by atoms with Crippen LogP contribution in [-0.2, 0) is 4.74 Å². The lowest BCUT2D eigenvalue weighted by Crippen LogP contribution is -2.42. The fraction of sp³-hybridized carbons (Fsp3) is 0.333. The molecule has 0 bridgehead atoms. The molecule has 0 radical (unpaired) electrons. The zero-order chi connectivity index (χ0) is 21.8. The Morgan fingerprint density at radius 1 is 1.00 bits per heavy atom. The fourth-order valence-electron chi connectivity index (χ4n) is 4.18. The van der Waals surface area contributed by atoms with Gasteiger partial charge in [-0.25, -0.2) is 0 Å². The highest BCUT2D eigenvalue weighted by Crippen LogP contribution is 2.41. The number of furan rings is 1. The lowest BCUT2D eigenvalue weighted by molar-refractivity contribution is 0.0347. The molecule has 5 rings (SSSR count). The molecule has 2 saturated heterocycles. The van der Waals surface area contributed by atoms with Crippen LogP contribution in [0.15, 0.2) is 81.3 Å². The van der Waals surface area contributed by atoms with Gasteiger partial charge in [-0.1, -0.05) is 36.0 Å². The summed E-state index contributed by atoms with van der Waals surface area (Å²) >= 11 is 7.40. The van der Waals surface area contributed by atoms with E-state index in [1.54, 1.807) is 11.8 Å². The van der Waals surface area contributed by atoms with Crippen LogP contribution in [0.2, 0.25) is 0 Å². The molecular weight excluding hydrogens is 440 g/mol. The molecule has 6 nitrogen and oxygen atoms in total. The van der Waals surface area contributed by atoms with Gasteiger partial charge in [-0.3, -0.25) is 9.88 Å². The van der Waals surface area contributed by atoms with Gasteiger partial charge in [-0.2, -0.15) is 0 Å². The predicted molar refractivity (Wildman–Crippen MR) is 129 cm³/mol. The molecule has 3 aromatic rings. The van der Waals surface area contributed by atoms with E-state index in [0.717, 1.165) is 65.9 Å². The van der Waals surface area contributed by atoms with Gasteiger partial charge < -0.3 is 19.4 Å². The largest absolute Gasteiger partial charge is 0.452 e. The third kappa shape index (κ3) is 4.83. The van der Waals surface area contributed by atoms with Crippen molar-refractivity contribution in [2.75, 3.05) is 39.4 Å². The van der Waals surface area contributed by atoms with Crippen LogP contribution in [0.3, 0.4) is 0 Å². The van der Waals surface area contributed by atoms with Crippen molar-refractivity contribution in [2.45, 2.75) is 22.1 Å². The molecule has 0 aliphatic carbocycles. The SMILES string of the molecule is S=C1NC(c2ccccn2)C(c2ccc(Sc3ccccc3)o2)N1CCN1CCOCC1. The summed E-state index contributed by atoms with van der Waals surface area (Å²) in [6.45, 7) is 5.26. The van der Waals surface area contributed by atoms with Crippen molar-refractivity contribution in [3.63, 3.8) is 0 Å². The number of aromatic nitrogens is 1. The molecule has 2 atom stereocenters. The van der Waals surface area contributed by atoms with E-state index < -0.39 is 0 Å². The van der Waals surface area contributed by atoms with Crippen LogP contribution in [0.5, 0.6) is 0 Å². The maximum absolute atomic E-state index is 6.35. The Bertz CT molecular complexity index is 1020. The summed E-state index contributed by atoms with van der Waals surface area (Å²) in [5, 5.41) is 5.12. The molecule has 0 amide bonds. The average molecular weight is 467 g/mol. The monoisotopic (exact) mass is 466 g/mol. The highest BCUT2D eigenvalue weighted by molar-refractivity contribution is 7.99. The molecule has 166 valence electrons. The van der Waals surface area contributed by atoms with Crippen LogP contribution in [0.1, 0.15) is 23.5 Å². The Balaban J connectivity index is 1.39. The van der Waals surface area contributed by atoms with E-state index in [2.05, 4.69) is 38.3 Å². The molecule has 2 unspecified atom stereocenters. The number of morpholine rings is 1. The number of pyridine rings is 1. The number of nitrogens with zero attached hydrogens (tertiary/aromatic N) is 3. The molecule has 0 saturated carbocycles. The number of thiocarbonyl (C=S) groups is 1. The molecule has 32 heavy (non-hydrogen) atoms. The normalized spacial score (nSPS) is 21.6. The third-order valence-electron chi connectivity index (χ3n) is 5.81. The number of rotatable bonds is 7. The molecule has 2 fully saturated rings. The maximum atomic E-state index is 6.35. The highest BCUT2D eigenvalue weighted by Gasteiger charge is 2.41. The second-order valence-corrected chi connectivity index (χ2v) is 9.31. The van der Waals surface area contributed by atoms with Crippen LogP contribution >= 0.6 is 24.0 Å². The number of hydrogen-bond acceptors (Lipinski definition) is 6. The average Bonchev–Trinajstić information content (AvgIpc) is 3.43. The Morgan fingerprint density at radius 3 is 2.59 bits per heavy atom. The Morgan fingerprint density at radius 2 is 1.81 bits per heavy atom. The van der Waals surface area contributed by atoms with E-state index in [4.69, 9.17) is 21.4 Å². The summed E-state index contributed by atoms with van der Waals surface area (Å²) in [6, 6.07) is 20.3. The van der Waals surface area contributed by atoms with Gasteiger partial charge in [0.25, 0.3) is 0 Å². The summed E-state index contributed by atoms with van der Waals surface area (Å²) < 4.78 is 11.8. The number of nitrogens with one attached hydrogen (secondary N) is 1. The molecule has 2 aromatic heterocycles. The minimum absolute atomic E-state index is 0.0523. The van der Waals surface area contributed by atoms with Crippen LogP contribution in [0.4, 0.5) is 0 Å². The minimum Gasteiger partial charge on any atom is -0.452 e. The zero-order valence-electron chi connectivity index (χ0n) is 17.7. The first-order chi connectivity index (χ1) is 15.8. The third-order valence-corrected chi connectivity index (χ3v) is 7.09. The van der Waals surface area contributed by atoms with E-state index in [0.29, 0.717) is 0 Å². The molecule has 1 aromatic carbocycles. The maximum Gasteiger partial charge on any atom is 0.170 e. The lowest BCUT2D eigenvalue weighted by atomic mass is 10.0. The first kappa shape index (κ1) is 21.5. The van der Waals surface area contributed by atoms with Crippen molar-refractivity contribution in [1.29, 1.82) is 0 Å². The van der Waals surface area contributed by atoms with Gasteiger partial charge in [-0.15, -0.1) is 0 Å². The van der Waals surface area contributed by atoms with Crippen molar-refractivity contribution in [1.82, 2.24) is 20.1 Å². The van der Waals surface area contributed by atoms with Crippen molar-refractivity contribution in [2.24, 2.45) is 0 Å². The van der Waals surface area contributed by atoms with Crippen molar-refractivity contribution < 1.29 is 9.15 Å². The summed E-state index contributed by atoms with van der Waals surface area (Å²) in [5.74, 6) is 0.897. The van der Waals surface area contributed by atoms with E-state index >= 15 is 0 Å². The van der Waals surface area contributed by atoms with Gasteiger partial charge >= 0.3 is 0 Å². The lowest BCUT2D eigenvalue weighted by Gasteiger charge is -2.31. The predicted octanol–water partition coefficient (Wildman–Crippen LogP) is 4.13. The number of benzene rings is 1. The van der Waals surface area contributed by atoms with E-state index in [1.807, 2.05) is 48.7 Å². The molecule has 8 heteroatoms. The van der Waals surface area contributed by atoms with Gasteiger partial charge in [0.15, 0.2) is 10.2 Å². The minimum atomic E-state index is -0.0610. The summed E-state index contributed by atoms with van der Waals surface area (Å²) in [6.07, 6.45) is 1.83. The highest BCUT2D eigenvalue weighted by atomic mass is 32.2. The van der Waals surface area contributed by atoms with Gasteiger partial charge in [0, 0.05) is 37.3 Å². The van der Waals surface area contributed by atoms with E-state index in [1.165, 1.54) is 0 Å². The van der Waals surface area contributed by atoms with Gasteiger partial charge in [0.1, 0.15) is 11.8 Å². The fourth-order valence-corrected chi connectivity index (χ4v) is 5.31. The van der Waals surface area contributed by atoms with Crippen LogP contribution in [0, 0.1) is 0 Å². The smallest absolute Gasteiger partial charge is 0.170 e. The molecular formula is C24H26N4O2S2. The van der Waals surface area contributed by atoms with Crippen molar-refractivity contribution >= 4 is 29.1 Å². The van der Waals surface area contributed by atoms with Crippen LogP contribution < -0.4 is 5.32 Å².